The second-order valence-corrected chi connectivity index (χ2v) is 8.55. The Kier molecular flexibility index (Phi) is 8.01. The molecule has 32 heavy (non-hydrogen) atoms. The number of rotatable bonds is 9. The molecular weight excluding hydrogens is 427 g/mol. The van der Waals surface area contributed by atoms with Crippen LogP contribution >= 0.6 is 0 Å². The SMILES string of the molecule is CCC[C@H]1CC[C@H](CCc2ccc(C(F)(F)Oc3ccc(OC(F)(F)F)cc3)cc2)CC1. The molecule has 1 aliphatic rings. The Morgan fingerprint density at radius 2 is 1.22 bits per heavy atom. The molecule has 0 saturated heterocycles. The summed E-state index contributed by atoms with van der Waals surface area (Å²) in [6.07, 6.45) is 1.13. The minimum absolute atomic E-state index is 0.257. The standard InChI is InChI=1S/C25H29F5O2/c1-2-3-18-4-6-19(7-5-18)8-9-20-10-12-21(13-11-20)24(26,27)31-22-14-16-23(17-15-22)32-25(28,29)30/h10-19H,2-9H2,1H3/t18-,19-. The molecule has 0 bridgehead atoms. The maximum atomic E-state index is 14.5. The summed E-state index contributed by atoms with van der Waals surface area (Å²) < 4.78 is 74.0. The predicted molar refractivity (Wildman–Crippen MR) is 113 cm³/mol. The second kappa shape index (κ2) is 10.5. The highest BCUT2D eigenvalue weighted by atomic mass is 19.4. The molecule has 3 rings (SSSR count). The minimum Gasteiger partial charge on any atom is -0.429 e. The van der Waals surface area contributed by atoms with Crippen LogP contribution in [0.25, 0.3) is 0 Å². The summed E-state index contributed by atoms with van der Waals surface area (Å²) in [4.78, 5) is 0. The molecule has 0 spiro atoms. The van der Waals surface area contributed by atoms with Gasteiger partial charge in [0.15, 0.2) is 0 Å². The van der Waals surface area contributed by atoms with Gasteiger partial charge in [-0.15, -0.1) is 13.2 Å². The van der Waals surface area contributed by atoms with Crippen molar-refractivity contribution in [2.75, 3.05) is 0 Å². The molecule has 2 aromatic carbocycles. The van der Waals surface area contributed by atoms with E-state index in [9.17, 15) is 22.0 Å². The van der Waals surface area contributed by atoms with Crippen molar-refractivity contribution in [1.82, 2.24) is 0 Å². The predicted octanol–water partition coefficient (Wildman–Crippen LogP) is 8.25. The third-order valence-corrected chi connectivity index (χ3v) is 6.10. The number of aryl methyl sites for hydroxylation is 1. The van der Waals surface area contributed by atoms with Gasteiger partial charge in [-0.3, -0.25) is 0 Å². The Morgan fingerprint density at radius 1 is 0.719 bits per heavy atom. The summed E-state index contributed by atoms with van der Waals surface area (Å²) in [7, 11) is 0. The van der Waals surface area contributed by atoms with Crippen LogP contribution in [0.15, 0.2) is 48.5 Å². The van der Waals surface area contributed by atoms with Gasteiger partial charge in [0, 0.05) is 0 Å². The molecule has 0 aromatic heterocycles. The highest BCUT2D eigenvalue weighted by Gasteiger charge is 2.35. The molecule has 0 amide bonds. The van der Waals surface area contributed by atoms with Gasteiger partial charge in [0.05, 0.1) is 5.56 Å². The van der Waals surface area contributed by atoms with Gasteiger partial charge in [0.1, 0.15) is 11.5 Å². The monoisotopic (exact) mass is 456 g/mol. The Hall–Kier alpha value is -2.31. The fraction of sp³-hybridized carbons (Fsp3) is 0.520. The molecule has 1 saturated carbocycles. The lowest BCUT2D eigenvalue weighted by atomic mass is 9.78. The summed E-state index contributed by atoms with van der Waals surface area (Å²) in [5.74, 6) is 0.812. The average Bonchev–Trinajstić information content (AvgIpc) is 2.74. The van der Waals surface area contributed by atoms with Crippen molar-refractivity contribution >= 4 is 0 Å². The first-order valence-corrected chi connectivity index (χ1v) is 11.2. The Balaban J connectivity index is 1.51. The van der Waals surface area contributed by atoms with E-state index in [0.29, 0.717) is 5.92 Å². The van der Waals surface area contributed by atoms with Crippen LogP contribution in [0.5, 0.6) is 11.5 Å². The lowest BCUT2D eigenvalue weighted by molar-refractivity contribution is -0.274. The summed E-state index contributed by atoms with van der Waals surface area (Å²) in [5.41, 5.74) is 0.700. The largest absolute Gasteiger partial charge is 0.573 e. The van der Waals surface area contributed by atoms with Crippen molar-refractivity contribution in [2.24, 2.45) is 11.8 Å². The van der Waals surface area contributed by atoms with Crippen LogP contribution in [0.3, 0.4) is 0 Å². The molecule has 0 radical (unpaired) electrons. The van der Waals surface area contributed by atoms with E-state index in [0.717, 1.165) is 48.6 Å². The van der Waals surface area contributed by atoms with Gasteiger partial charge in [-0.2, -0.15) is 8.78 Å². The van der Waals surface area contributed by atoms with Gasteiger partial charge in [0.25, 0.3) is 0 Å². The fourth-order valence-corrected chi connectivity index (χ4v) is 4.37. The quantitative estimate of drug-likeness (QED) is 0.354. The van der Waals surface area contributed by atoms with E-state index in [4.69, 9.17) is 4.74 Å². The van der Waals surface area contributed by atoms with Crippen LogP contribution in [-0.4, -0.2) is 6.36 Å². The maximum absolute atomic E-state index is 14.5. The Labute approximate surface area is 185 Å². The van der Waals surface area contributed by atoms with E-state index in [1.165, 1.54) is 50.7 Å². The van der Waals surface area contributed by atoms with Crippen LogP contribution in [0.4, 0.5) is 22.0 Å². The first kappa shape index (κ1) is 24.3. The van der Waals surface area contributed by atoms with E-state index in [1.54, 1.807) is 12.1 Å². The highest BCUT2D eigenvalue weighted by molar-refractivity contribution is 5.33. The van der Waals surface area contributed by atoms with Crippen LogP contribution < -0.4 is 9.47 Å². The summed E-state index contributed by atoms with van der Waals surface area (Å²) in [6, 6.07) is 9.95. The zero-order chi connectivity index (χ0) is 23.2. The van der Waals surface area contributed by atoms with Crippen molar-refractivity contribution in [3.63, 3.8) is 0 Å². The van der Waals surface area contributed by atoms with Crippen LogP contribution in [0.1, 0.15) is 63.0 Å². The van der Waals surface area contributed by atoms with Crippen molar-refractivity contribution in [1.29, 1.82) is 0 Å². The van der Waals surface area contributed by atoms with Crippen LogP contribution in [-0.2, 0) is 12.5 Å². The number of alkyl halides is 5. The van der Waals surface area contributed by atoms with Crippen molar-refractivity contribution < 1.29 is 31.4 Å². The fourth-order valence-electron chi connectivity index (χ4n) is 4.37. The lowest BCUT2D eigenvalue weighted by Crippen LogP contribution is -2.22. The number of ether oxygens (including phenoxy) is 2. The number of hydrogen-bond donors (Lipinski definition) is 0. The smallest absolute Gasteiger partial charge is 0.429 e. The highest BCUT2D eigenvalue weighted by Crippen LogP contribution is 2.35. The first-order valence-electron chi connectivity index (χ1n) is 11.2. The van der Waals surface area contributed by atoms with E-state index in [-0.39, 0.29) is 11.3 Å². The van der Waals surface area contributed by atoms with E-state index in [1.807, 2.05) is 0 Å². The zero-order valence-corrected chi connectivity index (χ0v) is 18.1. The normalized spacial score (nSPS) is 19.6. The molecule has 0 unspecified atom stereocenters. The Morgan fingerprint density at radius 3 is 1.72 bits per heavy atom. The molecular formula is C25H29F5O2. The van der Waals surface area contributed by atoms with Gasteiger partial charge in [0.2, 0.25) is 0 Å². The molecule has 176 valence electrons. The maximum Gasteiger partial charge on any atom is 0.573 e. The molecule has 0 aliphatic heterocycles. The average molecular weight is 456 g/mol. The van der Waals surface area contributed by atoms with Crippen LogP contribution in [0, 0.1) is 11.8 Å². The third kappa shape index (κ3) is 7.38. The van der Waals surface area contributed by atoms with E-state index < -0.39 is 18.2 Å². The van der Waals surface area contributed by atoms with Crippen molar-refractivity contribution in [2.45, 2.75) is 70.8 Å². The summed E-state index contributed by atoms with van der Waals surface area (Å²) in [5, 5.41) is 0. The minimum atomic E-state index is -4.84. The molecule has 0 N–H and O–H groups in total. The molecule has 2 nitrogen and oxygen atoms in total. The molecule has 7 heteroatoms. The van der Waals surface area contributed by atoms with Gasteiger partial charge >= 0.3 is 12.5 Å². The van der Waals surface area contributed by atoms with Crippen LogP contribution in [0.2, 0.25) is 0 Å². The number of benzene rings is 2. The summed E-state index contributed by atoms with van der Waals surface area (Å²) >= 11 is 0. The molecule has 1 fully saturated rings. The van der Waals surface area contributed by atoms with Gasteiger partial charge in [-0.1, -0.05) is 57.6 Å². The Bertz CT molecular complexity index is 823. The molecule has 1 aliphatic carbocycles. The van der Waals surface area contributed by atoms with Gasteiger partial charge < -0.3 is 9.47 Å². The van der Waals surface area contributed by atoms with Gasteiger partial charge in [-0.05, 0) is 66.6 Å². The molecule has 2 aromatic rings. The van der Waals surface area contributed by atoms with Crippen molar-refractivity contribution in [3.05, 3.63) is 59.7 Å². The third-order valence-electron chi connectivity index (χ3n) is 6.10. The van der Waals surface area contributed by atoms with Crippen molar-refractivity contribution in [3.8, 4) is 11.5 Å². The number of hydrogen-bond acceptors (Lipinski definition) is 2. The second-order valence-electron chi connectivity index (χ2n) is 8.55. The number of halogens is 5. The van der Waals surface area contributed by atoms with E-state index >= 15 is 0 Å². The van der Waals surface area contributed by atoms with E-state index in [2.05, 4.69) is 11.7 Å². The zero-order valence-electron chi connectivity index (χ0n) is 18.1. The first-order chi connectivity index (χ1) is 15.1. The topological polar surface area (TPSA) is 18.5 Å². The lowest BCUT2D eigenvalue weighted by Gasteiger charge is -2.28. The summed E-state index contributed by atoms with van der Waals surface area (Å²) in [6.45, 7) is 2.23. The molecule has 0 atom stereocenters. The van der Waals surface area contributed by atoms with Gasteiger partial charge in [-0.25, -0.2) is 0 Å². The molecule has 0 heterocycles.